The molecular weight excluding hydrogens is 298 g/mol. The molecule has 20 heavy (non-hydrogen) atoms. The Balaban J connectivity index is 0.00000361. The molecule has 2 N–H and O–H groups in total. The van der Waals surface area contributed by atoms with Gasteiger partial charge in [-0.05, 0) is 30.4 Å². The quantitative estimate of drug-likeness (QED) is 0.589. The van der Waals surface area contributed by atoms with E-state index in [-0.39, 0.29) is 31.0 Å². The number of benzene rings is 1. The fourth-order valence-electron chi connectivity index (χ4n) is 1.55. The second kappa shape index (κ2) is 11.0. The van der Waals surface area contributed by atoms with Gasteiger partial charge in [0.05, 0.1) is 19.3 Å². The molecule has 0 aliphatic rings. The average molecular weight is 320 g/mol. The zero-order chi connectivity index (χ0) is 14.1. The predicted octanol–water partition coefficient (Wildman–Crippen LogP) is 2.80. The van der Waals surface area contributed by atoms with Crippen LogP contribution >= 0.6 is 24.2 Å². The van der Waals surface area contributed by atoms with Crippen molar-refractivity contribution < 1.29 is 14.3 Å². The van der Waals surface area contributed by atoms with Gasteiger partial charge in [-0.25, -0.2) is 4.79 Å². The molecule has 6 heteroatoms. The van der Waals surface area contributed by atoms with Gasteiger partial charge < -0.3 is 15.2 Å². The van der Waals surface area contributed by atoms with Crippen LogP contribution < -0.4 is 5.73 Å². The first-order chi connectivity index (χ1) is 9.17. The number of hydrogen-bond acceptors (Lipinski definition) is 5. The zero-order valence-electron chi connectivity index (χ0n) is 11.8. The van der Waals surface area contributed by atoms with Gasteiger partial charge in [-0.1, -0.05) is 19.1 Å². The second-order valence-electron chi connectivity index (χ2n) is 3.93. The first-order valence-electron chi connectivity index (χ1n) is 6.39. The lowest BCUT2D eigenvalue weighted by Crippen LogP contribution is -2.20. The first-order valence-corrected chi connectivity index (χ1v) is 7.37. The van der Waals surface area contributed by atoms with Crippen molar-refractivity contribution in [2.75, 3.05) is 25.6 Å². The molecular formula is C14H22ClNO3S. The predicted molar refractivity (Wildman–Crippen MR) is 84.5 cm³/mol. The number of nitrogens with two attached hydrogens (primary N) is 1. The van der Waals surface area contributed by atoms with Crippen molar-refractivity contribution in [1.29, 1.82) is 0 Å². The van der Waals surface area contributed by atoms with Crippen molar-refractivity contribution in [3.63, 3.8) is 0 Å². The van der Waals surface area contributed by atoms with Crippen molar-refractivity contribution in [1.82, 2.24) is 0 Å². The van der Waals surface area contributed by atoms with E-state index in [1.807, 2.05) is 12.1 Å². The number of thioether (sulfide) groups is 1. The van der Waals surface area contributed by atoms with Crippen molar-refractivity contribution in [2.24, 2.45) is 5.73 Å². The van der Waals surface area contributed by atoms with Crippen LogP contribution in [-0.4, -0.2) is 31.5 Å². The molecule has 1 aromatic carbocycles. The summed E-state index contributed by atoms with van der Waals surface area (Å²) in [6.45, 7) is 4.50. The number of hydrogen-bond donors (Lipinski definition) is 1. The van der Waals surface area contributed by atoms with Gasteiger partial charge in [0.1, 0.15) is 6.61 Å². The van der Waals surface area contributed by atoms with Crippen LogP contribution in [-0.2, 0) is 14.3 Å². The third-order valence-corrected chi connectivity index (χ3v) is 3.34. The van der Waals surface area contributed by atoms with Gasteiger partial charge in [0.25, 0.3) is 0 Å². The zero-order valence-corrected chi connectivity index (χ0v) is 13.5. The fraction of sp³-hybridized carbons (Fsp3) is 0.500. The Bertz CT molecular complexity index is 387. The Hall–Kier alpha value is -0.750. The number of ether oxygens (including phenoxy) is 2. The highest BCUT2D eigenvalue weighted by Crippen LogP contribution is 2.20. The van der Waals surface area contributed by atoms with Gasteiger partial charge in [-0.15, -0.1) is 24.2 Å². The number of esters is 1. The molecule has 0 spiro atoms. The second-order valence-corrected chi connectivity index (χ2v) is 5.27. The van der Waals surface area contributed by atoms with Gasteiger partial charge >= 0.3 is 5.97 Å². The van der Waals surface area contributed by atoms with E-state index >= 15 is 0 Å². The maximum Gasteiger partial charge on any atom is 0.332 e. The Morgan fingerprint density at radius 2 is 1.95 bits per heavy atom. The van der Waals surface area contributed by atoms with Gasteiger partial charge in [0, 0.05) is 4.90 Å². The van der Waals surface area contributed by atoms with Gasteiger partial charge in [-0.2, -0.15) is 0 Å². The summed E-state index contributed by atoms with van der Waals surface area (Å²) in [5.41, 5.74) is 7.00. The van der Waals surface area contributed by atoms with Crippen LogP contribution in [0.25, 0.3) is 0 Å². The summed E-state index contributed by atoms with van der Waals surface area (Å²) in [5, 5.41) is 0. The van der Waals surface area contributed by atoms with Crippen LogP contribution in [0.3, 0.4) is 0 Å². The maximum absolute atomic E-state index is 11.1. The molecule has 1 aromatic rings. The molecule has 0 saturated heterocycles. The van der Waals surface area contributed by atoms with Crippen LogP contribution in [0, 0.1) is 0 Å². The lowest BCUT2D eigenvalue weighted by Gasteiger charge is -2.12. The van der Waals surface area contributed by atoms with E-state index in [0.29, 0.717) is 13.2 Å². The largest absolute Gasteiger partial charge is 0.464 e. The highest BCUT2D eigenvalue weighted by atomic mass is 35.5. The van der Waals surface area contributed by atoms with E-state index in [1.165, 1.54) is 4.90 Å². The minimum Gasteiger partial charge on any atom is -0.464 e. The molecule has 114 valence electrons. The highest BCUT2D eigenvalue weighted by Gasteiger charge is 2.08. The number of rotatable bonds is 8. The molecule has 1 rings (SSSR count). The third kappa shape index (κ3) is 7.14. The lowest BCUT2D eigenvalue weighted by atomic mass is 10.1. The molecule has 0 amide bonds. The van der Waals surface area contributed by atoms with Crippen molar-refractivity contribution >= 4 is 30.1 Å². The number of carbonyl (C=O) groups is 1. The molecule has 0 aliphatic heterocycles. The minimum atomic E-state index is -0.357. The van der Waals surface area contributed by atoms with Gasteiger partial charge in [0.15, 0.2) is 0 Å². The standard InChI is InChI=1S/C14H21NO3S.ClH/c1-3-18-14(16)10-17-9-13(15)11-5-7-12(8-6-11)19-4-2;/h5-8,13H,3-4,9-10,15H2,1-2H3;1H/t13-;/m0./s1. The molecule has 0 heterocycles. The van der Waals surface area contributed by atoms with E-state index < -0.39 is 0 Å². The van der Waals surface area contributed by atoms with Crippen LogP contribution in [0.4, 0.5) is 0 Å². The SMILES string of the molecule is CCOC(=O)COC[C@H](N)c1ccc(SCC)cc1.Cl. The minimum absolute atomic E-state index is 0. The number of carbonyl (C=O) groups excluding carboxylic acids is 1. The summed E-state index contributed by atoms with van der Waals surface area (Å²) >= 11 is 1.79. The van der Waals surface area contributed by atoms with Gasteiger partial charge in [0.2, 0.25) is 0 Å². The van der Waals surface area contributed by atoms with Crippen molar-refractivity contribution in [2.45, 2.75) is 24.8 Å². The summed E-state index contributed by atoms with van der Waals surface area (Å²) < 4.78 is 10.0. The highest BCUT2D eigenvalue weighted by molar-refractivity contribution is 7.99. The Kier molecular flexibility index (Phi) is 10.6. The summed E-state index contributed by atoms with van der Waals surface area (Å²) in [4.78, 5) is 12.3. The van der Waals surface area contributed by atoms with E-state index in [4.69, 9.17) is 15.2 Å². The summed E-state index contributed by atoms with van der Waals surface area (Å²) in [7, 11) is 0. The number of halogens is 1. The molecule has 0 radical (unpaired) electrons. The summed E-state index contributed by atoms with van der Waals surface area (Å²) in [5.74, 6) is 0.693. The first kappa shape index (κ1) is 19.2. The van der Waals surface area contributed by atoms with E-state index in [2.05, 4.69) is 19.1 Å². The van der Waals surface area contributed by atoms with Gasteiger partial charge in [-0.3, -0.25) is 0 Å². The summed E-state index contributed by atoms with van der Waals surface area (Å²) in [6.07, 6.45) is 0. The van der Waals surface area contributed by atoms with Crippen molar-refractivity contribution in [3.05, 3.63) is 29.8 Å². The topological polar surface area (TPSA) is 61.5 Å². The third-order valence-electron chi connectivity index (χ3n) is 2.44. The Morgan fingerprint density at radius 1 is 1.30 bits per heavy atom. The van der Waals surface area contributed by atoms with E-state index in [9.17, 15) is 4.79 Å². The monoisotopic (exact) mass is 319 g/mol. The molecule has 0 aromatic heterocycles. The smallest absolute Gasteiger partial charge is 0.332 e. The van der Waals surface area contributed by atoms with Crippen LogP contribution in [0.15, 0.2) is 29.2 Å². The van der Waals surface area contributed by atoms with Crippen LogP contribution in [0.1, 0.15) is 25.5 Å². The molecule has 0 saturated carbocycles. The Labute approximate surface area is 130 Å². The molecule has 0 unspecified atom stereocenters. The Morgan fingerprint density at radius 3 is 2.50 bits per heavy atom. The van der Waals surface area contributed by atoms with Crippen LogP contribution in [0.5, 0.6) is 0 Å². The van der Waals surface area contributed by atoms with Crippen molar-refractivity contribution in [3.8, 4) is 0 Å². The van der Waals surface area contributed by atoms with E-state index in [1.54, 1.807) is 18.7 Å². The normalized spacial score (nSPS) is 11.6. The molecule has 0 fully saturated rings. The van der Waals surface area contributed by atoms with Crippen LogP contribution in [0.2, 0.25) is 0 Å². The maximum atomic E-state index is 11.1. The molecule has 1 atom stereocenters. The summed E-state index contributed by atoms with van der Waals surface area (Å²) in [6, 6.07) is 7.87. The van der Waals surface area contributed by atoms with E-state index in [0.717, 1.165) is 11.3 Å². The fourth-order valence-corrected chi connectivity index (χ4v) is 2.21. The molecule has 0 bridgehead atoms. The molecule has 0 aliphatic carbocycles. The lowest BCUT2D eigenvalue weighted by molar-refractivity contribution is -0.148. The molecule has 4 nitrogen and oxygen atoms in total. The average Bonchev–Trinajstić information content (AvgIpc) is 2.40.